The van der Waals surface area contributed by atoms with E-state index >= 15 is 8.78 Å². The second-order valence-corrected chi connectivity index (χ2v) is 12.3. The number of allylic oxidation sites excluding steroid dienone is 3. The molecule has 0 aromatic heterocycles. The predicted molar refractivity (Wildman–Crippen MR) is 148 cm³/mol. The average molecular weight is 542 g/mol. The summed E-state index contributed by atoms with van der Waals surface area (Å²) >= 11 is 0. The maximum absolute atomic E-state index is 15.3. The van der Waals surface area contributed by atoms with Gasteiger partial charge in [-0.25, -0.2) is 13.6 Å². The number of halogens is 2. The quantitative estimate of drug-likeness (QED) is 0.414. The van der Waals surface area contributed by atoms with E-state index in [9.17, 15) is 9.59 Å². The number of carbonyl (C=O) groups is 2. The summed E-state index contributed by atoms with van der Waals surface area (Å²) in [5.41, 5.74) is 5.01. The fourth-order valence-corrected chi connectivity index (χ4v) is 6.59. The van der Waals surface area contributed by atoms with Crippen LogP contribution < -0.4 is 4.90 Å². The van der Waals surface area contributed by atoms with Gasteiger partial charge in [-0.1, -0.05) is 39.0 Å². The van der Waals surface area contributed by atoms with E-state index in [1.807, 2.05) is 36.1 Å². The normalized spacial score (nSPS) is 22.7. The topological polar surface area (TPSA) is 53.1 Å². The highest BCUT2D eigenvalue weighted by Crippen LogP contribution is 2.49. The lowest BCUT2D eigenvalue weighted by Crippen LogP contribution is -2.65. The number of anilines is 1. The number of rotatable bonds is 6. The molecule has 0 saturated carbocycles. The van der Waals surface area contributed by atoms with Crippen molar-refractivity contribution in [3.63, 3.8) is 0 Å². The Morgan fingerprint density at radius 1 is 1.10 bits per heavy atom. The molecule has 1 aromatic carbocycles. The standard InChI is InChI=1S/C31H41F2N3O3/c1-19(2)31(32,33)18-36-25-13-9-7-11-23(25)21(5)22(6)27(36)15-35-26-14-10-8-12-24(26)30(28(35)37)16-34(17-30)29(38)39-20(3)4/h8,10,12,14,19-21H,7,9,11,13,15-18H2,1-6H3. The SMILES string of the molecule is CC1=C(CN2C(=O)C3(CN(C(=O)OC(C)C)C3)c3ccccc32)N(CC(F)(F)C(C)C)C2=C(CCCC2)C1C. The van der Waals surface area contributed by atoms with Crippen LogP contribution in [0.25, 0.3) is 0 Å². The summed E-state index contributed by atoms with van der Waals surface area (Å²) in [7, 11) is 0. The molecule has 1 atom stereocenters. The second-order valence-electron chi connectivity index (χ2n) is 12.3. The first-order chi connectivity index (χ1) is 18.4. The summed E-state index contributed by atoms with van der Waals surface area (Å²) < 4.78 is 35.9. The summed E-state index contributed by atoms with van der Waals surface area (Å²) in [5, 5.41) is 0. The lowest BCUT2D eigenvalue weighted by molar-refractivity contribution is -0.128. The number of ether oxygens (including phenoxy) is 1. The zero-order chi connectivity index (χ0) is 28.3. The molecule has 0 radical (unpaired) electrons. The van der Waals surface area contributed by atoms with Crippen LogP contribution in [-0.4, -0.2) is 60.0 Å². The largest absolute Gasteiger partial charge is 0.447 e. The van der Waals surface area contributed by atoms with Crippen molar-refractivity contribution < 1.29 is 23.1 Å². The van der Waals surface area contributed by atoms with Crippen LogP contribution in [0.15, 0.2) is 46.8 Å². The van der Waals surface area contributed by atoms with Crippen molar-refractivity contribution in [1.82, 2.24) is 9.80 Å². The summed E-state index contributed by atoms with van der Waals surface area (Å²) in [5.74, 6) is -3.59. The molecule has 3 heterocycles. The molecule has 1 spiro atoms. The Balaban J connectivity index is 1.49. The van der Waals surface area contributed by atoms with Crippen molar-refractivity contribution in [1.29, 1.82) is 0 Å². The molecule has 2 amide bonds. The van der Waals surface area contributed by atoms with Crippen LogP contribution in [0.4, 0.5) is 19.3 Å². The minimum atomic E-state index is -2.87. The average Bonchev–Trinajstić information content (AvgIpc) is 3.10. The summed E-state index contributed by atoms with van der Waals surface area (Å²) in [6.07, 6.45) is 3.12. The molecule has 6 nitrogen and oxygen atoms in total. The van der Waals surface area contributed by atoms with Gasteiger partial charge in [0, 0.05) is 42.0 Å². The molecule has 3 aliphatic heterocycles. The summed E-state index contributed by atoms with van der Waals surface area (Å²) in [6.45, 7) is 11.3. The first kappa shape index (κ1) is 27.7. The zero-order valence-electron chi connectivity index (χ0n) is 24.0. The van der Waals surface area contributed by atoms with Gasteiger partial charge >= 0.3 is 6.09 Å². The maximum Gasteiger partial charge on any atom is 0.410 e. The summed E-state index contributed by atoms with van der Waals surface area (Å²) in [4.78, 5) is 31.9. The van der Waals surface area contributed by atoms with Gasteiger partial charge in [0.15, 0.2) is 0 Å². The second kappa shape index (κ2) is 9.93. The molecular formula is C31H41F2N3O3. The van der Waals surface area contributed by atoms with Gasteiger partial charge in [0.05, 0.1) is 19.2 Å². The highest BCUT2D eigenvalue weighted by molar-refractivity contribution is 6.10. The number of fused-ring (bicyclic) bond motifs is 2. The molecule has 0 bridgehead atoms. The van der Waals surface area contributed by atoms with Crippen LogP contribution in [0.3, 0.4) is 0 Å². The van der Waals surface area contributed by atoms with Crippen LogP contribution in [0.5, 0.6) is 0 Å². The molecule has 1 unspecified atom stereocenters. The van der Waals surface area contributed by atoms with Gasteiger partial charge in [-0.3, -0.25) is 4.79 Å². The number of amides is 2. The smallest absolute Gasteiger partial charge is 0.410 e. The minimum absolute atomic E-state index is 0.0794. The zero-order valence-corrected chi connectivity index (χ0v) is 24.0. The van der Waals surface area contributed by atoms with E-state index < -0.39 is 23.3 Å². The number of hydrogen-bond acceptors (Lipinski definition) is 4. The van der Waals surface area contributed by atoms with Crippen molar-refractivity contribution >= 4 is 17.7 Å². The van der Waals surface area contributed by atoms with Crippen molar-refractivity contribution in [3.8, 4) is 0 Å². The molecule has 8 heteroatoms. The van der Waals surface area contributed by atoms with Gasteiger partial charge in [-0.05, 0) is 69.2 Å². The van der Waals surface area contributed by atoms with Gasteiger partial charge in [0.25, 0.3) is 5.92 Å². The molecule has 1 fully saturated rings. The van der Waals surface area contributed by atoms with Crippen molar-refractivity contribution in [2.24, 2.45) is 11.8 Å². The first-order valence-electron chi connectivity index (χ1n) is 14.3. The monoisotopic (exact) mass is 541 g/mol. The van der Waals surface area contributed by atoms with Crippen molar-refractivity contribution in [2.45, 2.75) is 84.7 Å². The van der Waals surface area contributed by atoms with Gasteiger partial charge < -0.3 is 19.4 Å². The Morgan fingerprint density at radius 3 is 2.44 bits per heavy atom. The van der Waals surface area contributed by atoms with Gasteiger partial charge in [-0.15, -0.1) is 0 Å². The number of likely N-dealkylation sites (tertiary alicyclic amines) is 1. The Kier molecular flexibility index (Phi) is 7.04. The third-order valence-electron chi connectivity index (χ3n) is 9.16. The first-order valence-corrected chi connectivity index (χ1v) is 14.3. The molecule has 1 aliphatic carbocycles. The van der Waals surface area contributed by atoms with Gasteiger partial charge in [0.2, 0.25) is 5.91 Å². The van der Waals surface area contributed by atoms with E-state index in [4.69, 9.17) is 4.74 Å². The van der Waals surface area contributed by atoms with Crippen LogP contribution in [-0.2, 0) is 14.9 Å². The highest BCUT2D eigenvalue weighted by Gasteiger charge is 2.60. The van der Waals surface area contributed by atoms with Crippen LogP contribution in [0, 0.1) is 11.8 Å². The number of benzene rings is 1. The molecule has 212 valence electrons. The number of para-hydroxylation sites is 1. The van der Waals surface area contributed by atoms with Gasteiger partial charge in [-0.2, -0.15) is 0 Å². The maximum atomic E-state index is 15.3. The molecule has 1 aromatic rings. The van der Waals surface area contributed by atoms with E-state index in [2.05, 4.69) is 6.92 Å². The fraction of sp³-hybridized carbons (Fsp3) is 0.613. The Hall–Kier alpha value is -2.90. The lowest BCUT2D eigenvalue weighted by atomic mass is 9.75. The van der Waals surface area contributed by atoms with E-state index in [1.165, 1.54) is 5.57 Å². The number of carbonyl (C=O) groups excluding carboxylic acids is 2. The molecule has 4 aliphatic rings. The van der Waals surface area contributed by atoms with E-state index in [0.29, 0.717) is 0 Å². The molecule has 1 saturated heterocycles. The Bertz CT molecular complexity index is 1230. The van der Waals surface area contributed by atoms with E-state index in [0.717, 1.165) is 53.9 Å². The lowest BCUT2D eigenvalue weighted by Gasteiger charge is -2.47. The number of alkyl halides is 2. The molecular weight excluding hydrogens is 500 g/mol. The predicted octanol–water partition coefficient (Wildman–Crippen LogP) is 6.48. The van der Waals surface area contributed by atoms with Crippen LogP contribution in [0.1, 0.15) is 72.8 Å². The third kappa shape index (κ3) is 4.53. The molecule has 39 heavy (non-hydrogen) atoms. The number of hydrogen-bond donors (Lipinski definition) is 0. The third-order valence-corrected chi connectivity index (χ3v) is 9.16. The Labute approximate surface area is 230 Å². The highest BCUT2D eigenvalue weighted by atomic mass is 19.3. The minimum Gasteiger partial charge on any atom is -0.447 e. The number of nitrogens with zero attached hydrogens (tertiary/aromatic N) is 3. The summed E-state index contributed by atoms with van der Waals surface area (Å²) in [6, 6.07) is 7.69. The van der Waals surface area contributed by atoms with Crippen molar-refractivity contribution in [2.75, 3.05) is 31.1 Å². The molecule has 0 N–H and O–H groups in total. The Morgan fingerprint density at radius 2 is 1.77 bits per heavy atom. The van der Waals surface area contributed by atoms with E-state index in [-0.39, 0.29) is 44.1 Å². The van der Waals surface area contributed by atoms with E-state index in [1.54, 1.807) is 37.5 Å². The van der Waals surface area contributed by atoms with Crippen molar-refractivity contribution in [3.05, 3.63) is 52.4 Å². The van der Waals surface area contributed by atoms with Crippen LogP contribution >= 0.6 is 0 Å². The van der Waals surface area contributed by atoms with Crippen LogP contribution in [0.2, 0.25) is 0 Å². The molecule has 5 rings (SSSR count). The fourth-order valence-electron chi connectivity index (χ4n) is 6.59. The van der Waals surface area contributed by atoms with Gasteiger partial charge in [0.1, 0.15) is 5.41 Å².